The van der Waals surface area contributed by atoms with Crippen molar-refractivity contribution in [3.8, 4) is 0 Å². The van der Waals surface area contributed by atoms with Gasteiger partial charge in [0.05, 0.1) is 31.5 Å². The zero-order valence-corrected chi connectivity index (χ0v) is 7.52. The summed E-state index contributed by atoms with van der Waals surface area (Å²) in [6.07, 6.45) is 1.94. The van der Waals surface area contributed by atoms with Crippen LogP contribution in [0.4, 0.5) is 0 Å². The molecule has 0 aromatic carbocycles. The van der Waals surface area contributed by atoms with Gasteiger partial charge in [-0.25, -0.2) is 0 Å². The van der Waals surface area contributed by atoms with Gasteiger partial charge in [-0.1, -0.05) is 19.2 Å². The van der Waals surface area contributed by atoms with Crippen molar-refractivity contribution >= 4 is 0 Å². The molecule has 0 aromatic heterocycles. The first-order chi connectivity index (χ1) is 6.20. The second-order valence-corrected chi connectivity index (χ2v) is 2.80. The minimum Gasteiger partial charge on any atom is -0.494 e. The Bertz CT molecular complexity index is 155. The van der Waals surface area contributed by atoms with Crippen LogP contribution in [0.5, 0.6) is 0 Å². The third kappa shape index (κ3) is 2.55. The smallest absolute Gasteiger partial charge is 0.128 e. The molecule has 0 aliphatic rings. The van der Waals surface area contributed by atoms with Crippen LogP contribution >= 0.6 is 0 Å². The Balaban J connectivity index is 4.63. The molecule has 0 radical (unpaired) electrons. The number of hydrogen-bond donors (Lipinski definition) is 3. The summed E-state index contributed by atoms with van der Waals surface area (Å²) < 4.78 is 5.00. The van der Waals surface area contributed by atoms with E-state index in [0.29, 0.717) is 0 Å². The van der Waals surface area contributed by atoms with Crippen molar-refractivity contribution in [2.45, 2.75) is 6.10 Å². The first kappa shape index (κ1) is 12.2. The molecule has 0 aliphatic heterocycles. The molecule has 76 valence electrons. The van der Waals surface area contributed by atoms with E-state index in [2.05, 4.69) is 13.2 Å². The molecule has 0 saturated carbocycles. The molecular weight excluding hydrogens is 172 g/mol. The predicted molar refractivity (Wildman–Crippen MR) is 49.0 cm³/mol. The van der Waals surface area contributed by atoms with Gasteiger partial charge in [0.25, 0.3) is 0 Å². The quantitative estimate of drug-likeness (QED) is 0.378. The molecule has 4 nitrogen and oxygen atoms in total. The molecular formula is C9H16O4. The van der Waals surface area contributed by atoms with Crippen molar-refractivity contribution < 1.29 is 20.1 Å². The lowest BCUT2D eigenvalue weighted by Crippen LogP contribution is -2.44. The largest absolute Gasteiger partial charge is 0.494 e. The number of aliphatic hydroxyl groups is 3. The molecule has 0 saturated heterocycles. The van der Waals surface area contributed by atoms with E-state index in [1.165, 1.54) is 12.3 Å². The van der Waals surface area contributed by atoms with Crippen molar-refractivity contribution in [2.75, 3.05) is 19.8 Å². The molecule has 0 fully saturated rings. The third-order valence-electron chi connectivity index (χ3n) is 2.01. The lowest BCUT2D eigenvalue weighted by Gasteiger charge is -2.33. The standard InChI is InChI=1S/C9H16O4/c1-3-8(13-4-2)9(5-10,6-11)7-12/h3-4,8,10-12H,1-2,5-7H2. The highest BCUT2D eigenvalue weighted by Crippen LogP contribution is 2.24. The van der Waals surface area contributed by atoms with Crippen LogP contribution < -0.4 is 0 Å². The lowest BCUT2D eigenvalue weighted by atomic mass is 9.84. The average Bonchev–Trinajstić information content (AvgIpc) is 2.19. The Labute approximate surface area is 77.8 Å². The summed E-state index contributed by atoms with van der Waals surface area (Å²) in [5.41, 5.74) is -1.10. The van der Waals surface area contributed by atoms with Gasteiger partial charge in [0, 0.05) is 0 Å². The Morgan fingerprint density at radius 1 is 1.15 bits per heavy atom. The normalized spacial score (nSPS) is 13.5. The summed E-state index contributed by atoms with van der Waals surface area (Å²) in [4.78, 5) is 0. The predicted octanol–water partition coefficient (Wildman–Crippen LogP) is -0.336. The minimum absolute atomic E-state index is 0.384. The highest BCUT2D eigenvalue weighted by molar-refractivity contribution is 4.97. The van der Waals surface area contributed by atoms with Crippen LogP contribution in [0.15, 0.2) is 25.5 Å². The number of hydrogen-bond acceptors (Lipinski definition) is 4. The van der Waals surface area contributed by atoms with E-state index in [1.54, 1.807) is 0 Å². The average molecular weight is 188 g/mol. The van der Waals surface area contributed by atoms with Gasteiger partial charge in [-0.15, -0.1) is 0 Å². The summed E-state index contributed by atoms with van der Waals surface area (Å²) in [5, 5.41) is 27.1. The first-order valence-corrected chi connectivity index (χ1v) is 3.92. The maximum absolute atomic E-state index is 9.02. The zero-order chi connectivity index (χ0) is 10.3. The highest BCUT2D eigenvalue weighted by Gasteiger charge is 2.37. The van der Waals surface area contributed by atoms with Crippen LogP contribution in [0.25, 0.3) is 0 Å². The van der Waals surface area contributed by atoms with Gasteiger partial charge >= 0.3 is 0 Å². The molecule has 1 unspecified atom stereocenters. The molecule has 0 spiro atoms. The zero-order valence-electron chi connectivity index (χ0n) is 7.52. The molecule has 13 heavy (non-hydrogen) atoms. The van der Waals surface area contributed by atoms with E-state index in [4.69, 9.17) is 20.1 Å². The van der Waals surface area contributed by atoms with E-state index >= 15 is 0 Å². The van der Waals surface area contributed by atoms with E-state index < -0.39 is 11.5 Å². The Morgan fingerprint density at radius 3 is 1.85 bits per heavy atom. The number of aliphatic hydroxyl groups excluding tert-OH is 3. The lowest BCUT2D eigenvalue weighted by molar-refractivity contribution is -0.0678. The third-order valence-corrected chi connectivity index (χ3v) is 2.01. The molecule has 0 amide bonds. The van der Waals surface area contributed by atoms with E-state index in [9.17, 15) is 0 Å². The van der Waals surface area contributed by atoms with E-state index in [-0.39, 0.29) is 19.8 Å². The van der Waals surface area contributed by atoms with Crippen molar-refractivity contribution in [3.63, 3.8) is 0 Å². The summed E-state index contributed by atoms with van der Waals surface area (Å²) in [7, 11) is 0. The first-order valence-electron chi connectivity index (χ1n) is 3.92. The van der Waals surface area contributed by atoms with Gasteiger partial charge in [0.1, 0.15) is 6.10 Å². The van der Waals surface area contributed by atoms with Gasteiger partial charge in [0.15, 0.2) is 0 Å². The summed E-state index contributed by atoms with van der Waals surface area (Å²) in [6, 6.07) is 0. The molecule has 4 heteroatoms. The van der Waals surface area contributed by atoms with Crippen LogP contribution in [0.1, 0.15) is 0 Å². The highest BCUT2D eigenvalue weighted by atomic mass is 16.5. The second-order valence-electron chi connectivity index (χ2n) is 2.80. The second kappa shape index (κ2) is 5.75. The molecule has 1 atom stereocenters. The fourth-order valence-electron chi connectivity index (χ4n) is 0.973. The molecule has 0 aliphatic carbocycles. The Morgan fingerprint density at radius 2 is 1.62 bits per heavy atom. The van der Waals surface area contributed by atoms with Gasteiger partial charge in [-0.3, -0.25) is 0 Å². The van der Waals surface area contributed by atoms with Crippen LogP contribution in [0.2, 0.25) is 0 Å². The van der Waals surface area contributed by atoms with Gasteiger partial charge < -0.3 is 20.1 Å². The monoisotopic (exact) mass is 188 g/mol. The summed E-state index contributed by atoms with van der Waals surface area (Å²) in [6.45, 7) is 5.68. The van der Waals surface area contributed by atoms with Gasteiger partial charge in [0.2, 0.25) is 0 Å². The van der Waals surface area contributed by atoms with E-state index in [0.717, 1.165) is 0 Å². The molecule has 0 heterocycles. The summed E-state index contributed by atoms with van der Waals surface area (Å²) >= 11 is 0. The summed E-state index contributed by atoms with van der Waals surface area (Å²) in [5.74, 6) is 0. The SMILES string of the molecule is C=COC(C=C)C(CO)(CO)CO. The number of ether oxygens (including phenoxy) is 1. The fraction of sp³-hybridized carbons (Fsp3) is 0.556. The maximum Gasteiger partial charge on any atom is 0.128 e. The number of rotatable bonds is 7. The van der Waals surface area contributed by atoms with Crippen molar-refractivity contribution in [1.82, 2.24) is 0 Å². The van der Waals surface area contributed by atoms with E-state index in [1.807, 2.05) is 0 Å². The Kier molecular flexibility index (Phi) is 5.37. The topological polar surface area (TPSA) is 69.9 Å². The fourth-order valence-corrected chi connectivity index (χ4v) is 0.973. The molecule has 0 bridgehead atoms. The van der Waals surface area contributed by atoms with Crippen LogP contribution in [0.3, 0.4) is 0 Å². The molecule has 0 rings (SSSR count). The van der Waals surface area contributed by atoms with Crippen molar-refractivity contribution in [2.24, 2.45) is 5.41 Å². The van der Waals surface area contributed by atoms with Crippen molar-refractivity contribution in [1.29, 1.82) is 0 Å². The molecule has 0 aromatic rings. The van der Waals surface area contributed by atoms with Gasteiger partial charge in [-0.05, 0) is 0 Å². The van der Waals surface area contributed by atoms with Crippen LogP contribution in [0, 0.1) is 5.41 Å². The minimum atomic E-state index is -1.10. The maximum atomic E-state index is 9.02. The van der Waals surface area contributed by atoms with Gasteiger partial charge in [-0.2, -0.15) is 0 Å². The Hall–Kier alpha value is -0.840. The van der Waals surface area contributed by atoms with Crippen LogP contribution in [-0.4, -0.2) is 41.2 Å². The van der Waals surface area contributed by atoms with Crippen molar-refractivity contribution in [3.05, 3.63) is 25.5 Å². The van der Waals surface area contributed by atoms with Crippen LogP contribution in [-0.2, 0) is 4.74 Å². The molecule has 3 N–H and O–H groups in total.